The number of Topliss-reactive ketones (excluding diaryl/α,β-unsaturated/α-hetero) is 1. The number of aliphatic hydroxyl groups excluding tert-OH is 1. The maximum atomic E-state index is 12.9. The smallest absolute Gasteiger partial charge is 0.311 e. The predicted molar refractivity (Wildman–Crippen MR) is 111 cm³/mol. The van der Waals surface area contributed by atoms with Gasteiger partial charge in [-0.3, -0.25) is 9.59 Å². The van der Waals surface area contributed by atoms with Gasteiger partial charge in [-0.25, -0.2) is 0 Å². The maximum Gasteiger partial charge on any atom is 0.311 e. The summed E-state index contributed by atoms with van der Waals surface area (Å²) in [6.07, 6.45) is 4.39. The van der Waals surface area contributed by atoms with Gasteiger partial charge in [0.1, 0.15) is 6.10 Å². The second-order valence-electron chi connectivity index (χ2n) is 11.2. The number of carbonyl (C=O) groups is 2. The van der Waals surface area contributed by atoms with E-state index >= 15 is 0 Å². The van der Waals surface area contributed by atoms with Crippen LogP contribution in [0.25, 0.3) is 0 Å². The monoisotopic (exact) mass is 422 g/mol. The van der Waals surface area contributed by atoms with Crippen LogP contribution in [0, 0.1) is 35.0 Å². The van der Waals surface area contributed by atoms with Gasteiger partial charge in [-0.15, -0.1) is 0 Å². The molecular weight excluding hydrogens is 384 g/mol. The van der Waals surface area contributed by atoms with Crippen LogP contribution in [-0.4, -0.2) is 54.0 Å². The van der Waals surface area contributed by atoms with Crippen molar-refractivity contribution in [1.82, 2.24) is 0 Å². The Kier molecular flexibility index (Phi) is 6.06. The molecule has 6 nitrogen and oxygen atoms in total. The van der Waals surface area contributed by atoms with E-state index in [1.165, 1.54) is 0 Å². The van der Waals surface area contributed by atoms with Gasteiger partial charge < -0.3 is 19.3 Å². The maximum absolute atomic E-state index is 12.9. The molecule has 30 heavy (non-hydrogen) atoms. The van der Waals surface area contributed by atoms with Gasteiger partial charge in [0.15, 0.2) is 5.78 Å². The predicted octanol–water partition coefficient (Wildman–Crippen LogP) is 3.14. The first-order chi connectivity index (χ1) is 14.1. The summed E-state index contributed by atoms with van der Waals surface area (Å²) in [6, 6.07) is 0. The fraction of sp³-hybridized carbons (Fsp3) is 0.917. The number of aliphatic hydroxyl groups is 1. The summed E-state index contributed by atoms with van der Waals surface area (Å²) in [7, 11) is 0. The lowest BCUT2D eigenvalue weighted by Gasteiger charge is -2.33. The molecular formula is C24H38O6. The Bertz CT molecular complexity index is 675. The molecule has 0 aromatic carbocycles. The number of ketones is 1. The molecule has 0 amide bonds. The van der Waals surface area contributed by atoms with Gasteiger partial charge in [-0.1, -0.05) is 20.8 Å². The topological polar surface area (TPSA) is 88.7 Å². The first kappa shape index (κ1) is 22.2. The molecule has 2 saturated heterocycles. The van der Waals surface area contributed by atoms with E-state index in [0.717, 1.165) is 25.7 Å². The van der Waals surface area contributed by atoms with E-state index in [1.54, 1.807) is 0 Å². The Hall–Kier alpha value is -0.980. The van der Waals surface area contributed by atoms with Gasteiger partial charge in [0, 0.05) is 5.92 Å². The summed E-state index contributed by atoms with van der Waals surface area (Å²) in [5.74, 6) is 0.225. The number of hydrogen-bond donors (Lipinski definition) is 1. The SMILES string of the molecule is CC(CC(C)(C)C(=O)OCC1CC2OC2CC1C)C(=O)C(O)C1CC2OC2CC1C. The van der Waals surface area contributed by atoms with Crippen LogP contribution in [0.4, 0.5) is 0 Å². The number of rotatable bonds is 8. The highest BCUT2D eigenvalue weighted by molar-refractivity contribution is 5.86. The van der Waals surface area contributed by atoms with Crippen LogP contribution in [0.2, 0.25) is 0 Å². The van der Waals surface area contributed by atoms with E-state index < -0.39 is 17.4 Å². The van der Waals surface area contributed by atoms with Crippen molar-refractivity contribution in [2.24, 2.45) is 35.0 Å². The lowest BCUT2D eigenvalue weighted by Crippen LogP contribution is -2.41. The summed E-state index contributed by atoms with van der Waals surface area (Å²) >= 11 is 0. The van der Waals surface area contributed by atoms with E-state index in [-0.39, 0.29) is 29.7 Å². The van der Waals surface area contributed by atoms with Crippen LogP contribution in [-0.2, 0) is 23.8 Å². The molecule has 170 valence electrons. The van der Waals surface area contributed by atoms with Crippen LogP contribution in [0.3, 0.4) is 0 Å². The van der Waals surface area contributed by atoms with Crippen LogP contribution >= 0.6 is 0 Å². The van der Waals surface area contributed by atoms with Gasteiger partial charge in [-0.2, -0.15) is 0 Å². The van der Waals surface area contributed by atoms with Gasteiger partial charge in [0.25, 0.3) is 0 Å². The second-order valence-corrected chi connectivity index (χ2v) is 11.2. The average molecular weight is 423 g/mol. The first-order valence-electron chi connectivity index (χ1n) is 11.8. The zero-order chi connectivity index (χ0) is 21.8. The van der Waals surface area contributed by atoms with Crippen molar-refractivity contribution in [2.45, 2.75) is 97.2 Å². The summed E-state index contributed by atoms with van der Waals surface area (Å²) < 4.78 is 16.9. The Morgan fingerprint density at radius 3 is 2.23 bits per heavy atom. The normalized spacial score (nSPS) is 41.8. The minimum absolute atomic E-state index is 0.0555. The third-order valence-electron chi connectivity index (χ3n) is 8.14. The number of ether oxygens (including phenoxy) is 3. The summed E-state index contributed by atoms with van der Waals surface area (Å²) in [5, 5.41) is 10.8. The third kappa shape index (κ3) is 4.61. The van der Waals surface area contributed by atoms with E-state index in [4.69, 9.17) is 14.2 Å². The lowest BCUT2D eigenvalue weighted by atomic mass is 9.73. The number of fused-ring (bicyclic) bond motifs is 2. The van der Waals surface area contributed by atoms with Gasteiger partial charge in [-0.05, 0) is 69.6 Å². The Morgan fingerprint density at radius 1 is 1.00 bits per heavy atom. The minimum Gasteiger partial charge on any atom is -0.465 e. The lowest BCUT2D eigenvalue weighted by molar-refractivity contribution is -0.157. The van der Waals surface area contributed by atoms with Crippen LogP contribution in [0.1, 0.15) is 66.7 Å². The van der Waals surface area contributed by atoms with E-state index in [0.29, 0.717) is 43.2 Å². The highest BCUT2D eigenvalue weighted by Gasteiger charge is 2.50. The molecule has 10 unspecified atom stereocenters. The fourth-order valence-corrected chi connectivity index (χ4v) is 5.82. The molecule has 2 aliphatic heterocycles. The van der Waals surface area contributed by atoms with Gasteiger partial charge >= 0.3 is 5.97 Å². The Balaban J connectivity index is 1.26. The molecule has 2 heterocycles. The molecule has 4 fully saturated rings. The zero-order valence-electron chi connectivity index (χ0n) is 19.0. The second kappa shape index (κ2) is 8.18. The number of carbonyl (C=O) groups excluding carboxylic acids is 2. The van der Waals surface area contributed by atoms with Crippen LogP contribution in [0.5, 0.6) is 0 Å². The Labute approximate surface area is 180 Å². The number of hydrogen-bond acceptors (Lipinski definition) is 6. The van der Waals surface area contributed by atoms with Crippen molar-refractivity contribution in [3.8, 4) is 0 Å². The van der Waals surface area contributed by atoms with E-state index in [2.05, 4.69) is 13.8 Å². The molecule has 2 aliphatic carbocycles. The molecule has 0 radical (unpaired) electrons. The van der Waals surface area contributed by atoms with Crippen molar-refractivity contribution in [3.05, 3.63) is 0 Å². The largest absolute Gasteiger partial charge is 0.465 e. The molecule has 0 bridgehead atoms. The van der Waals surface area contributed by atoms with Crippen LogP contribution in [0.15, 0.2) is 0 Å². The molecule has 0 aromatic rings. The van der Waals surface area contributed by atoms with Crippen molar-refractivity contribution in [2.75, 3.05) is 6.61 Å². The fourth-order valence-electron chi connectivity index (χ4n) is 5.82. The molecule has 0 spiro atoms. The van der Waals surface area contributed by atoms with E-state index in [9.17, 15) is 14.7 Å². The number of epoxide rings is 2. The summed E-state index contributed by atoms with van der Waals surface area (Å²) in [5.41, 5.74) is -0.770. The third-order valence-corrected chi connectivity index (χ3v) is 8.14. The van der Waals surface area contributed by atoms with E-state index in [1.807, 2.05) is 20.8 Å². The molecule has 0 aromatic heterocycles. The molecule has 6 heteroatoms. The van der Waals surface area contributed by atoms with Crippen LogP contribution < -0.4 is 0 Å². The molecule has 2 saturated carbocycles. The summed E-state index contributed by atoms with van der Waals surface area (Å²) in [4.78, 5) is 25.7. The minimum atomic E-state index is -0.985. The van der Waals surface area contributed by atoms with Crippen molar-refractivity contribution < 1.29 is 28.9 Å². The Morgan fingerprint density at radius 2 is 1.57 bits per heavy atom. The quantitative estimate of drug-likeness (QED) is 0.478. The van der Waals surface area contributed by atoms with Crippen molar-refractivity contribution in [3.63, 3.8) is 0 Å². The average Bonchev–Trinajstić information content (AvgIpc) is 3.59. The van der Waals surface area contributed by atoms with Crippen molar-refractivity contribution >= 4 is 11.8 Å². The highest BCUT2D eigenvalue weighted by Crippen LogP contribution is 2.45. The molecule has 10 atom stereocenters. The van der Waals surface area contributed by atoms with Crippen molar-refractivity contribution in [1.29, 1.82) is 0 Å². The van der Waals surface area contributed by atoms with Gasteiger partial charge in [0.2, 0.25) is 0 Å². The molecule has 1 N–H and O–H groups in total. The number of esters is 1. The molecule has 4 aliphatic rings. The standard InChI is InChI=1S/C24H38O6/c1-12-6-17-19(29-17)8-15(12)11-28-23(27)24(4,5)10-14(3)21(25)22(26)16-9-20-18(30-20)7-13(16)2/h12-20,22,26H,6-11H2,1-5H3. The van der Waals surface area contributed by atoms with Gasteiger partial charge in [0.05, 0.1) is 36.4 Å². The zero-order valence-corrected chi connectivity index (χ0v) is 19.0. The molecule has 4 rings (SSSR count). The summed E-state index contributed by atoms with van der Waals surface area (Å²) in [6.45, 7) is 10.2. The highest BCUT2D eigenvalue weighted by atomic mass is 16.6. The first-order valence-corrected chi connectivity index (χ1v) is 11.8.